The molecule has 252 valence electrons. The fraction of sp³-hybridized carbons (Fsp3) is 0.647. The molecule has 0 radical (unpaired) electrons. The second kappa shape index (κ2) is 17.8. The smallest absolute Gasteiger partial charge is 0.810 e. The van der Waals surface area contributed by atoms with Gasteiger partial charge in [0, 0.05) is 23.5 Å². The molecule has 0 spiro atoms. The van der Waals surface area contributed by atoms with Crippen molar-refractivity contribution < 1.29 is 38.9 Å². The van der Waals surface area contributed by atoms with Crippen molar-refractivity contribution in [2.24, 2.45) is 0 Å². The first-order valence-corrected chi connectivity index (χ1v) is 18.6. The molecule has 0 aliphatic carbocycles. The normalized spacial score (nSPS) is 12.9. The van der Waals surface area contributed by atoms with Crippen LogP contribution in [0.15, 0.2) is 12.1 Å². The Hall–Kier alpha value is 1.48. The van der Waals surface area contributed by atoms with Crippen LogP contribution in [-0.2, 0) is 56.0 Å². The average Bonchev–Trinajstić information content (AvgIpc) is 2.75. The van der Waals surface area contributed by atoms with Crippen molar-refractivity contribution in [1.82, 2.24) is 0 Å². The molecule has 2 N–H and O–H groups in total. The van der Waals surface area contributed by atoms with Crippen molar-refractivity contribution in [2.75, 3.05) is 0 Å². The molecule has 0 saturated carbocycles. The summed E-state index contributed by atoms with van der Waals surface area (Å²) in [4.78, 5) is 45.1. The Balaban J connectivity index is 0. The van der Waals surface area contributed by atoms with Crippen molar-refractivity contribution in [3.63, 3.8) is 0 Å². The number of hydrogen-bond acceptors (Lipinski definition) is 8. The van der Waals surface area contributed by atoms with E-state index >= 15 is 0 Å². The van der Waals surface area contributed by atoms with E-state index in [-0.39, 0.29) is 131 Å². The molecule has 12 heteroatoms. The molecule has 0 fully saturated rings. The van der Waals surface area contributed by atoms with Gasteiger partial charge in [0.25, 0.3) is 0 Å². The van der Waals surface area contributed by atoms with Gasteiger partial charge in [0.05, 0.1) is 0 Å². The molecule has 0 heterocycles. The van der Waals surface area contributed by atoms with Gasteiger partial charge in [-0.2, -0.15) is 0 Å². The van der Waals surface area contributed by atoms with E-state index in [1.165, 1.54) is 0 Å². The van der Waals surface area contributed by atoms with E-state index in [4.69, 9.17) is 0 Å². The van der Waals surface area contributed by atoms with Gasteiger partial charge in [-0.05, 0) is 67.9 Å². The minimum absolute atomic E-state index is 0. The van der Waals surface area contributed by atoms with Crippen LogP contribution in [0.3, 0.4) is 0 Å². The Morgan fingerprint density at radius 2 is 0.783 bits per heavy atom. The topological polar surface area (TPSA) is 167 Å². The van der Waals surface area contributed by atoms with Crippen LogP contribution in [0.25, 0.3) is 0 Å². The minimum Gasteiger partial charge on any atom is -0.810 e. The van der Waals surface area contributed by atoms with Crippen molar-refractivity contribution >= 4 is 113 Å². The third kappa shape index (κ3) is 14.2. The number of benzene rings is 2. The van der Waals surface area contributed by atoms with E-state index in [0.717, 1.165) is 22.3 Å². The molecule has 0 bridgehead atoms. The summed E-state index contributed by atoms with van der Waals surface area (Å²) in [5, 5.41) is 21.5. The van der Waals surface area contributed by atoms with Crippen LogP contribution < -0.4 is 19.6 Å². The SMILES string of the molecule is CCc1c(CP(=O)([O-])[O-])cc(C(C)(C)C)c(O)c1C(C)(C)C.CCc1c(CP(=O)([O-])[O-])cc(C(C)(C)C)c(O)c1C(C)(C)C.[Ba+2].[Ba+2]. The molecule has 0 aromatic heterocycles. The van der Waals surface area contributed by atoms with E-state index in [1.807, 2.05) is 96.9 Å². The molecular formula is C34H54Ba2O8P2. The third-order valence-corrected chi connectivity index (χ3v) is 9.01. The molecule has 2 rings (SSSR count). The quantitative estimate of drug-likeness (QED) is 0.296. The summed E-state index contributed by atoms with van der Waals surface area (Å²) in [6.07, 6.45) is 0.116. The predicted octanol–water partition coefficient (Wildman–Crippen LogP) is 5.17. The van der Waals surface area contributed by atoms with Gasteiger partial charge in [-0.15, -0.1) is 0 Å². The van der Waals surface area contributed by atoms with Gasteiger partial charge in [0.2, 0.25) is 0 Å². The fourth-order valence-corrected chi connectivity index (χ4v) is 7.20. The third-order valence-electron chi connectivity index (χ3n) is 7.55. The molecule has 2 aromatic carbocycles. The van der Waals surface area contributed by atoms with Gasteiger partial charge in [-0.25, -0.2) is 0 Å². The van der Waals surface area contributed by atoms with Crippen LogP contribution in [0.5, 0.6) is 11.5 Å². The first kappa shape index (κ1) is 49.6. The summed E-state index contributed by atoms with van der Waals surface area (Å²) in [6.45, 7) is 27.4. The summed E-state index contributed by atoms with van der Waals surface area (Å²) in [5.41, 5.74) is 4.03. The number of rotatable bonds is 6. The number of phenolic OH excluding ortho intramolecular Hbond substituents is 2. The van der Waals surface area contributed by atoms with Crippen molar-refractivity contribution in [2.45, 2.75) is 144 Å². The summed E-state index contributed by atoms with van der Waals surface area (Å²) in [6, 6.07) is 3.37. The minimum atomic E-state index is -4.67. The van der Waals surface area contributed by atoms with E-state index in [0.29, 0.717) is 35.1 Å². The van der Waals surface area contributed by atoms with Gasteiger partial charge in [-0.3, -0.25) is 0 Å². The maximum atomic E-state index is 11.3. The zero-order chi connectivity index (χ0) is 35.0. The molecule has 0 amide bonds. The largest absolute Gasteiger partial charge is 2.00 e. The Kier molecular flexibility index (Phi) is 19.2. The molecule has 0 unspecified atom stereocenters. The molecule has 0 saturated heterocycles. The van der Waals surface area contributed by atoms with Crippen molar-refractivity contribution in [1.29, 1.82) is 0 Å². The van der Waals surface area contributed by atoms with Crippen LogP contribution in [0, 0.1) is 0 Å². The average molecular weight is 927 g/mol. The first-order chi connectivity index (χ1) is 19.4. The Morgan fingerprint density at radius 3 is 0.935 bits per heavy atom. The van der Waals surface area contributed by atoms with Crippen LogP contribution in [-0.4, -0.2) is 108 Å². The number of aromatic hydroxyl groups is 2. The molecule has 0 aliphatic heterocycles. The fourth-order valence-electron chi connectivity index (χ4n) is 5.80. The van der Waals surface area contributed by atoms with Crippen LogP contribution in [0.2, 0.25) is 0 Å². The van der Waals surface area contributed by atoms with Crippen LogP contribution in [0.4, 0.5) is 0 Å². The van der Waals surface area contributed by atoms with E-state index < -0.39 is 27.5 Å². The van der Waals surface area contributed by atoms with Gasteiger partial charge in [-0.1, -0.05) is 124 Å². The standard InChI is InChI=1S/2C17H29O4P.2Ba/c2*1-8-12-11(10-22(19,20)21)9-13(16(2,3)4)15(18)14(12)17(5,6)7;;/h2*9,18H,8,10H2,1-7H3,(H2,19,20,21);;/q;;2*+2/p-4. The number of hydrogen-bond donors (Lipinski definition) is 2. The Morgan fingerprint density at radius 1 is 0.543 bits per heavy atom. The van der Waals surface area contributed by atoms with Crippen LogP contribution >= 0.6 is 15.2 Å². The summed E-state index contributed by atoms with van der Waals surface area (Å²) >= 11 is 0. The van der Waals surface area contributed by atoms with E-state index in [9.17, 15) is 38.9 Å². The monoisotopic (exact) mass is 928 g/mol. The Labute approximate surface area is 358 Å². The predicted molar refractivity (Wildman–Crippen MR) is 184 cm³/mol. The summed E-state index contributed by atoms with van der Waals surface area (Å²) < 4.78 is 22.6. The molecular weight excluding hydrogens is 873 g/mol. The maximum Gasteiger partial charge on any atom is 2.00 e. The summed E-state index contributed by atoms with van der Waals surface area (Å²) in [7, 11) is -9.34. The van der Waals surface area contributed by atoms with Gasteiger partial charge in [0.15, 0.2) is 0 Å². The van der Waals surface area contributed by atoms with Crippen molar-refractivity contribution in [3.05, 3.63) is 56.6 Å². The second-order valence-electron chi connectivity index (χ2n) is 15.8. The molecule has 2 aromatic rings. The van der Waals surface area contributed by atoms with Crippen LogP contribution in [0.1, 0.15) is 141 Å². The zero-order valence-corrected chi connectivity index (χ0v) is 41.3. The Bertz CT molecular complexity index is 1320. The molecule has 46 heavy (non-hydrogen) atoms. The first-order valence-electron chi connectivity index (χ1n) is 15.2. The molecule has 0 atom stereocenters. The molecule has 0 aliphatic rings. The molecule has 8 nitrogen and oxygen atoms in total. The number of phenols is 2. The van der Waals surface area contributed by atoms with Gasteiger partial charge in [0.1, 0.15) is 11.5 Å². The summed E-state index contributed by atoms with van der Waals surface area (Å²) in [5.74, 6) is 0.430. The van der Waals surface area contributed by atoms with Gasteiger partial charge >= 0.3 is 97.8 Å². The van der Waals surface area contributed by atoms with Gasteiger partial charge < -0.3 is 38.9 Å². The van der Waals surface area contributed by atoms with Crippen molar-refractivity contribution in [3.8, 4) is 11.5 Å². The van der Waals surface area contributed by atoms with E-state index in [1.54, 1.807) is 12.1 Å². The maximum absolute atomic E-state index is 11.3. The van der Waals surface area contributed by atoms with E-state index in [2.05, 4.69) is 0 Å². The zero-order valence-electron chi connectivity index (χ0n) is 30.6. The second-order valence-corrected chi connectivity index (χ2v) is 18.9.